The molecule has 3 aromatic rings. The molecule has 2 amide bonds. The van der Waals surface area contributed by atoms with E-state index >= 15 is 0 Å². The Balaban J connectivity index is 1.64. The molecule has 6 nitrogen and oxygen atoms in total. The van der Waals surface area contributed by atoms with E-state index in [1.807, 2.05) is 73.7 Å². The second-order valence-corrected chi connectivity index (χ2v) is 8.86. The van der Waals surface area contributed by atoms with Crippen molar-refractivity contribution in [1.82, 2.24) is 10.2 Å². The van der Waals surface area contributed by atoms with Gasteiger partial charge in [0.15, 0.2) is 0 Å². The van der Waals surface area contributed by atoms with Crippen molar-refractivity contribution in [2.45, 2.75) is 51.2 Å². The van der Waals surface area contributed by atoms with Crippen LogP contribution in [0.4, 0.5) is 0 Å². The average molecular weight is 471 g/mol. The van der Waals surface area contributed by atoms with E-state index in [-0.39, 0.29) is 12.0 Å². The number of fused-ring (bicyclic) bond motifs is 1. The van der Waals surface area contributed by atoms with Crippen molar-refractivity contribution in [1.29, 1.82) is 0 Å². The number of hydrogen-bond donors (Lipinski definition) is 2. The molecule has 3 aromatic carbocycles. The number of carbonyl (C=O) groups is 3. The molecule has 0 bridgehead atoms. The molecule has 0 saturated carbocycles. The van der Waals surface area contributed by atoms with Crippen LogP contribution in [0.15, 0.2) is 78.9 Å². The lowest BCUT2D eigenvalue weighted by molar-refractivity contribution is -0.149. The van der Waals surface area contributed by atoms with Gasteiger partial charge >= 0.3 is 5.97 Å². The van der Waals surface area contributed by atoms with Crippen molar-refractivity contribution in [3.05, 3.63) is 95.6 Å². The van der Waals surface area contributed by atoms with Crippen LogP contribution in [0.3, 0.4) is 0 Å². The van der Waals surface area contributed by atoms with Gasteiger partial charge in [-0.05, 0) is 47.2 Å². The highest BCUT2D eigenvalue weighted by atomic mass is 16.4. The maximum Gasteiger partial charge on any atom is 0.326 e. The van der Waals surface area contributed by atoms with Crippen LogP contribution in [0.5, 0.6) is 0 Å². The van der Waals surface area contributed by atoms with Crippen LogP contribution in [0.1, 0.15) is 47.7 Å². The second kappa shape index (κ2) is 11.1. The fourth-order valence-corrected chi connectivity index (χ4v) is 4.53. The van der Waals surface area contributed by atoms with Gasteiger partial charge in [0, 0.05) is 12.1 Å². The topological polar surface area (TPSA) is 86.7 Å². The number of carboxylic acids is 1. The number of aliphatic carboxylic acids is 1. The van der Waals surface area contributed by atoms with Gasteiger partial charge < -0.3 is 10.4 Å². The van der Waals surface area contributed by atoms with E-state index in [0.717, 1.165) is 33.6 Å². The van der Waals surface area contributed by atoms with Crippen LogP contribution >= 0.6 is 0 Å². The molecular weight excluding hydrogens is 440 g/mol. The van der Waals surface area contributed by atoms with Crippen LogP contribution in [0, 0.1) is 0 Å². The summed E-state index contributed by atoms with van der Waals surface area (Å²) in [7, 11) is 0. The number of carbonyl (C=O) groups excluding carboxylic acids is 2. The number of benzene rings is 3. The summed E-state index contributed by atoms with van der Waals surface area (Å²) >= 11 is 0. The summed E-state index contributed by atoms with van der Waals surface area (Å²) in [4.78, 5) is 40.6. The maximum absolute atomic E-state index is 13.7. The predicted molar refractivity (Wildman–Crippen MR) is 135 cm³/mol. The smallest absolute Gasteiger partial charge is 0.326 e. The standard InChI is InChI=1S/C29H30N2O4/c1-2-3-13-26(29(34)35)31(28(33)25-18-23-11-7-8-12-24(23)19-30-25)27(32)22-16-14-21(15-17-22)20-9-5-4-6-10-20/h4-12,14-17,25-26,30H,2-3,13,18-19H2,1H3,(H,34,35)/t25-,26-/m0/s1. The van der Waals surface area contributed by atoms with Gasteiger partial charge in [-0.25, -0.2) is 4.79 Å². The van der Waals surface area contributed by atoms with E-state index in [2.05, 4.69) is 5.32 Å². The Morgan fingerprint density at radius 1 is 0.914 bits per heavy atom. The van der Waals surface area contributed by atoms with Gasteiger partial charge in [-0.1, -0.05) is 86.5 Å². The predicted octanol–water partition coefficient (Wildman–Crippen LogP) is 4.68. The highest BCUT2D eigenvalue weighted by molar-refractivity contribution is 6.08. The van der Waals surface area contributed by atoms with Crippen molar-refractivity contribution in [2.24, 2.45) is 0 Å². The zero-order valence-corrected chi connectivity index (χ0v) is 19.8. The minimum absolute atomic E-state index is 0.217. The summed E-state index contributed by atoms with van der Waals surface area (Å²) in [6.45, 7) is 2.45. The third-order valence-corrected chi connectivity index (χ3v) is 6.50. The molecule has 1 aliphatic rings. The number of nitrogens with zero attached hydrogens (tertiary/aromatic N) is 1. The molecule has 0 unspecified atom stereocenters. The van der Waals surface area contributed by atoms with Crippen LogP contribution in [0.2, 0.25) is 0 Å². The fourth-order valence-electron chi connectivity index (χ4n) is 4.53. The summed E-state index contributed by atoms with van der Waals surface area (Å²) in [5.74, 6) is -2.25. The molecule has 4 rings (SSSR count). The van der Waals surface area contributed by atoms with Crippen molar-refractivity contribution < 1.29 is 19.5 Å². The summed E-state index contributed by atoms with van der Waals surface area (Å²) in [6.07, 6.45) is 1.99. The molecule has 0 fully saturated rings. The van der Waals surface area contributed by atoms with E-state index in [0.29, 0.717) is 19.4 Å². The molecule has 2 N–H and O–H groups in total. The molecule has 0 aromatic heterocycles. The Kier molecular flexibility index (Phi) is 7.73. The first kappa shape index (κ1) is 24.4. The SMILES string of the molecule is CCCC[C@@H](C(=O)O)N(C(=O)c1ccc(-c2ccccc2)cc1)C(=O)[C@@H]1Cc2ccccc2CN1. The molecule has 1 aliphatic heterocycles. The Labute approximate surface area is 205 Å². The van der Waals surface area contributed by atoms with Gasteiger partial charge in [-0.15, -0.1) is 0 Å². The normalized spacial score (nSPS) is 15.6. The fraction of sp³-hybridized carbons (Fsp3) is 0.276. The molecule has 6 heteroatoms. The summed E-state index contributed by atoms with van der Waals surface area (Å²) in [6, 6.07) is 22.7. The van der Waals surface area contributed by atoms with Gasteiger partial charge in [0.2, 0.25) is 5.91 Å². The van der Waals surface area contributed by atoms with Gasteiger partial charge in [0.05, 0.1) is 6.04 Å². The molecule has 35 heavy (non-hydrogen) atoms. The number of amides is 2. The summed E-state index contributed by atoms with van der Waals surface area (Å²) < 4.78 is 0. The van der Waals surface area contributed by atoms with Crippen LogP contribution in [-0.2, 0) is 22.6 Å². The molecule has 0 saturated heterocycles. The zero-order chi connectivity index (χ0) is 24.8. The third-order valence-electron chi connectivity index (χ3n) is 6.50. The van der Waals surface area contributed by atoms with Crippen LogP contribution in [-0.4, -0.2) is 39.9 Å². The Hall–Kier alpha value is -3.77. The van der Waals surface area contributed by atoms with E-state index in [9.17, 15) is 19.5 Å². The van der Waals surface area contributed by atoms with Gasteiger partial charge in [-0.2, -0.15) is 0 Å². The van der Waals surface area contributed by atoms with E-state index in [1.165, 1.54) is 0 Å². The molecule has 1 heterocycles. The van der Waals surface area contributed by atoms with Gasteiger partial charge in [0.1, 0.15) is 6.04 Å². The van der Waals surface area contributed by atoms with Crippen molar-refractivity contribution in [3.63, 3.8) is 0 Å². The number of nitrogens with one attached hydrogen (secondary N) is 1. The monoisotopic (exact) mass is 470 g/mol. The zero-order valence-electron chi connectivity index (χ0n) is 19.8. The van der Waals surface area contributed by atoms with Gasteiger partial charge in [0.25, 0.3) is 5.91 Å². The summed E-state index contributed by atoms with van der Waals surface area (Å²) in [5.41, 5.74) is 4.37. The minimum atomic E-state index is -1.22. The van der Waals surface area contributed by atoms with Crippen molar-refractivity contribution in [2.75, 3.05) is 0 Å². The molecule has 0 radical (unpaired) electrons. The number of hydrogen-bond acceptors (Lipinski definition) is 4. The first-order valence-corrected chi connectivity index (χ1v) is 12.1. The average Bonchev–Trinajstić information content (AvgIpc) is 2.90. The van der Waals surface area contributed by atoms with Crippen molar-refractivity contribution in [3.8, 4) is 11.1 Å². The highest BCUT2D eigenvalue weighted by Crippen LogP contribution is 2.23. The Bertz CT molecular complexity index is 1190. The maximum atomic E-state index is 13.7. The number of unbranched alkanes of at least 4 members (excludes halogenated alkanes) is 1. The van der Waals surface area contributed by atoms with E-state index < -0.39 is 29.9 Å². The van der Waals surface area contributed by atoms with E-state index in [4.69, 9.17) is 0 Å². The molecule has 0 aliphatic carbocycles. The number of carboxylic acid groups (broad SMARTS) is 1. The summed E-state index contributed by atoms with van der Waals surface area (Å²) in [5, 5.41) is 13.2. The Morgan fingerprint density at radius 2 is 1.54 bits per heavy atom. The minimum Gasteiger partial charge on any atom is -0.480 e. The quantitative estimate of drug-likeness (QED) is 0.467. The molecule has 2 atom stereocenters. The van der Waals surface area contributed by atoms with E-state index in [1.54, 1.807) is 12.1 Å². The largest absolute Gasteiger partial charge is 0.480 e. The first-order chi connectivity index (χ1) is 17.0. The third kappa shape index (κ3) is 5.49. The Morgan fingerprint density at radius 3 is 2.20 bits per heavy atom. The lowest BCUT2D eigenvalue weighted by Crippen LogP contribution is -2.56. The molecule has 0 spiro atoms. The lowest BCUT2D eigenvalue weighted by atomic mass is 9.94. The van der Waals surface area contributed by atoms with Crippen LogP contribution in [0.25, 0.3) is 11.1 Å². The number of imide groups is 1. The second-order valence-electron chi connectivity index (χ2n) is 8.86. The first-order valence-electron chi connectivity index (χ1n) is 12.1. The molecule has 180 valence electrons. The highest BCUT2D eigenvalue weighted by Gasteiger charge is 2.39. The van der Waals surface area contributed by atoms with Crippen molar-refractivity contribution >= 4 is 17.8 Å². The molecular formula is C29H30N2O4. The van der Waals surface area contributed by atoms with Gasteiger partial charge in [-0.3, -0.25) is 14.5 Å². The lowest BCUT2D eigenvalue weighted by Gasteiger charge is -2.33. The number of rotatable bonds is 8. The van der Waals surface area contributed by atoms with Crippen LogP contribution < -0.4 is 5.32 Å².